The zero-order valence-corrected chi connectivity index (χ0v) is 10.4. The third-order valence-corrected chi connectivity index (χ3v) is 3.01. The van der Waals surface area contributed by atoms with Gasteiger partial charge in [-0.1, -0.05) is 24.3 Å². The van der Waals surface area contributed by atoms with Crippen LogP contribution in [0.2, 0.25) is 0 Å². The molecule has 0 saturated carbocycles. The fourth-order valence-corrected chi connectivity index (χ4v) is 2.01. The molecule has 2 aromatic carbocycles. The van der Waals surface area contributed by atoms with Crippen LogP contribution in [0.25, 0.3) is 11.0 Å². The van der Waals surface area contributed by atoms with Crippen molar-refractivity contribution in [1.29, 1.82) is 0 Å². The maximum Gasteiger partial charge on any atom is 0.259 e. The molecule has 1 aromatic heterocycles. The number of nitrogens with two attached hydrogens (primary N) is 1. The Morgan fingerprint density at radius 3 is 2.75 bits per heavy atom. The molecule has 0 bridgehead atoms. The van der Waals surface area contributed by atoms with Crippen LogP contribution >= 0.6 is 0 Å². The fourth-order valence-electron chi connectivity index (χ4n) is 2.01. The smallest absolute Gasteiger partial charge is 0.259 e. The summed E-state index contributed by atoms with van der Waals surface area (Å²) < 4.78 is 18.9. The summed E-state index contributed by atoms with van der Waals surface area (Å²) in [6.45, 7) is 0. The highest BCUT2D eigenvalue weighted by molar-refractivity contribution is 6.13. The Morgan fingerprint density at radius 2 is 1.95 bits per heavy atom. The van der Waals surface area contributed by atoms with Gasteiger partial charge in [-0.15, -0.1) is 0 Å². The van der Waals surface area contributed by atoms with Crippen molar-refractivity contribution >= 4 is 28.3 Å². The van der Waals surface area contributed by atoms with E-state index in [1.165, 1.54) is 24.5 Å². The Kier molecular flexibility index (Phi) is 2.87. The van der Waals surface area contributed by atoms with Crippen molar-refractivity contribution in [3.8, 4) is 0 Å². The Hall–Kier alpha value is -2.82. The van der Waals surface area contributed by atoms with Crippen molar-refractivity contribution in [1.82, 2.24) is 0 Å². The molecule has 0 spiro atoms. The molecule has 0 fully saturated rings. The van der Waals surface area contributed by atoms with Crippen molar-refractivity contribution in [3.05, 3.63) is 60.1 Å². The van der Waals surface area contributed by atoms with Crippen LogP contribution in [0.1, 0.15) is 10.4 Å². The van der Waals surface area contributed by atoms with Crippen LogP contribution in [0.5, 0.6) is 0 Å². The topological polar surface area (TPSA) is 68.3 Å². The summed E-state index contributed by atoms with van der Waals surface area (Å²) in [5.74, 6) is -1.04. The number of para-hydroxylation sites is 2. The zero-order chi connectivity index (χ0) is 14.1. The first-order chi connectivity index (χ1) is 9.66. The molecule has 5 heteroatoms. The number of hydrogen-bond acceptors (Lipinski definition) is 3. The number of benzene rings is 2. The molecular weight excluding hydrogens is 259 g/mol. The molecule has 0 saturated heterocycles. The molecule has 0 aliphatic rings. The lowest BCUT2D eigenvalue weighted by Crippen LogP contribution is -2.14. The number of nitrogen functional groups attached to an aromatic ring is 1. The average Bonchev–Trinajstić information content (AvgIpc) is 2.87. The summed E-state index contributed by atoms with van der Waals surface area (Å²) in [5.41, 5.74) is 6.74. The van der Waals surface area contributed by atoms with Gasteiger partial charge in [0.25, 0.3) is 5.91 Å². The van der Waals surface area contributed by atoms with Gasteiger partial charge in [0.2, 0.25) is 0 Å². The largest absolute Gasteiger partial charge is 0.463 e. The standard InChI is InChI=1S/C15H11FN2O2/c16-11-5-3-6-12(17)14(11)18-15(19)10-8-20-13-7-2-1-4-9(10)13/h1-8H,17H2,(H,18,19). The first kappa shape index (κ1) is 12.2. The van der Waals surface area contributed by atoms with Crippen LogP contribution in [0.15, 0.2) is 53.1 Å². The number of anilines is 2. The van der Waals surface area contributed by atoms with Crippen molar-refractivity contribution < 1.29 is 13.6 Å². The Labute approximate surface area is 114 Å². The number of carbonyl (C=O) groups excluding carboxylic acids is 1. The van der Waals surface area contributed by atoms with Crippen molar-refractivity contribution in [3.63, 3.8) is 0 Å². The van der Waals surface area contributed by atoms with E-state index in [0.29, 0.717) is 16.5 Å². The molecule has 3 aromatic rings. The quantitative estimate of drug-likeness (QED) is 0.701. The number of halogens is 1. The molecule has 0 aliphatic heterocycles. The molecule has 4 nitrogen and oxygen atoms in total. The number of amides is 1. The van der Waals surface area contributed by atoms with E-state index in [4.69, 9.17) is 10.2 Å². The van der Waals surface area contributed by atoms with Gasteiger partial charge in [0.1, 0.15) is 23.4 Å². The lowest BCUT2D eigenvalue weighted by Gasteiger charge is -2.08. The molecule has 0 aliphatic carbocycles. The third kappa shape index (κ3) is 1.99. The lowest BCUT2D eigenvalue weighted by atomic mass is 10.1. The van der Waals surface area contributed by atoms with E-state index in [1.54, 1.807) is 18.2 Å². The van der Waals surface area contributed by atoms with Gasteiger partial charge < -0.3 is 15.5 Å². The number of carbonyl (C=O) groups is 1. The predicted molar refractivity (Wildman–Crippen MR) is 75.0 cm³/mol. The molecule has 20 heavy (non-hydrogen) atoms. The van der Waals surface area contributed by atoms with Crippen LogP contribution in [0, 0.1) is 5.82 Å². The van der Waals surface area contributed by atoms with Gasteiger partial charge in [0, 0.05) is 5.39 Å². The third-order valence-electron chi connectivity index (χ3n) is 3.01. The van der Waals surface area contributed by atoms with Gasteiger partial charge in [-0.25, -0.2) is 4.39 Å². The average molecular weight is 270 g/mol. The van der Waals surface area contributed by atoms with Gasteiger partial charge >= 0.3 is 0 Å². The Bertz CT molecular complexity index is 775. The molecule has 0 radical (unpaired) electrons. The minimum Gasteiger partial charge on any atom is -0.463 e. The maximum absolute atomic E-state index is 13.6. The molecule has 100 valence electrons. The summed E-state index contributed by atoms with van der Waals surface area (Å²) in [6.07, 6.45) is 1.34. The monoisotopic (exact) mass is 270 g/mol. The van der Waals surface area contributed by atoms with E-state index < -0.39 is 11.7 Å². The van der Waals surface area contributed by atoms with Gasteiger partial charge in [-0.2, -0.15) is 0 Å². The highest BCUT2D eigenvalue weighted by atomic mass is 19.1. The number of hydrogen-bond donors (Lipinski definition) is 2. The second-order valence-electron chi connectivity index (χ2n) is 4.30. The fraction of sp³-hybridized carbons (Fsp3) is 0. The second-order valence-corrected chi connectivity index (χ2v) is 4.30. The van der Waals surface area contributed by atoms with Crippen molar-refractivity contribution in [2.75, 3.05) is 11.1 Å². The number of rotatable bonds is 2. The van der Waals surface area contributed by atoms with Crippen LogP contribution in [-0.2, 0) is 0 Å². The Balaban J connectivity index is 1.98. The molecule has 1 heterocycles. The normalized spacial score (nSPS) is 10.7. The zero-order valence-electron chi connectivity index (χ0n) is 10.4. The van der Waals surface area contributed by atoms with Crippen molar-refractivity contribution in [2.24, 2.45) is 0 Å². The van der Waals surface area contributed by atoms with Gasteiger partial charge in [-0.05, 0) is 18.2 Å². The van der Waals surface area contributed by atoms with E-state index in [0.717, 1.165) is 0 Å². The van der Waals surface area contributed by atoms with Gasteiger partial charge in [0.05, 0.1) is 11.3 Å². The van der Waals surface area contributed by atoms with E-state index in [1.807, 2.05) is 6.07 Å². The molecule has 3 rings (SSSR count). The van der Waals surface area contributed by atoms with Crippen LogP contribution in [0.3, 0.4) is 0 Å². The maximum atomic E-state index is 13.6. The Morgan fingerprint density at radius 1 is 1.15 bits per heavy atom. The summed E-state index contributed by atoms with van der Waals surface area (Å²) in [4.78, 5) is 12.2. The van der Waals surface area contributed by atoms with E-state index in [-0.39, 0.29) is 11.4 Å². The number of fused-ring (bicyclic) bond motifs is 1. The molecule has 3 N–H and O–H groups in total. The first-order valence-electron chi connectivity index (χ1n) is 5.98. The van der Waals surface area contributed by atoms with Crippen LogP contribution in [-0.4, -0.2) is 5.91 Å². The molecule has 0 atom stereocenters. The summed E-state index contributed by atoms with van der Waals surface area (Å²) >= 11 is 0. The van der Waals surface area contributed by atoms with Crippen molar-refractivity contribution in [2.45, 2.75) is 0 Å². The number of nitrogens with one attached hydrogen (secondary N) is 1. The minimum absolute atomic E-state index is 0.0252. The lowest BCUT2D eigenvalue weighted by molar-refractivity contribution is 0.102. The summed E-state index contributed by atoms with van der Waals surface area (Å²) in [5, 5.41) is 3.14. The van der Waals surface area contributed by atoms with Crippen LogP contribution < -0.4 is 11.1 Å². The highest BCUT2D eigenvalue weighted by Crippen LogP contribution is 2.25. The second kappa shape index (κ2) is 4.70. The summed E-state index contributed by atoms with van der Waals surface area (Å²) in [6, 6.07) is 11.4. The first-order valence-corrected chi connectivity index (χ1v) is 5.98. The van der Waals surface area contributed by atoms with Gasteiger partial charge in [0.15, 0.2) is 0 Å². The minimum atomic E-state index is -0.578. The molecular formula is C15H11FN2O2. The van der Waals surface area contributed by atoms with Crippen LogP contribution in [0.4, 0.5) is 15.8 Å². The highest BCUT2D eigenvalue weighted by Gasteiger charge is 2.16. The van der Waals surface area contributed by atoms with Gasteiger partial charge in [-0.3, -0.25) is 4.79 Å². The molecule has 1 amide bonds. The van der Waals surface area contributed by atoms with E-state index in [9.17, 15) is 9.18 Å². The summed E-state index contributed by atoms with van der Waals surface area (Å²) in [7, 11) is 0. The molecule has 0 unspecified atom stereocenters. The predicted octanol–water partition coefficient (Wildman–Crippen LogP) is 3.41. The van der Waals surface area contributed by atoms with E-state index in [2.05, 4.69) is 5.32 Å². The van der Waals surface area contributed by atoms with E-state index >= 15 is 0 Å². The SMILES string of the molecule is Nc1cccc(F)c1NC(=O)c1coc2ccccc12. The number of furan rings is 1.